The van der Waals surface area contributed by atoms with Gasteiger partial charge in [-0.05, 0) is 18.6 Å². The van der Waals surface area contributed by atoms with Crippen LogP contribution in [-0.2, 0) is 5.75 Å². The largest absolute Gasteiger partial charge is 0.440 e. The van der Waals surface area contributed by atoms with Crippen molar-refractivity contribution in [2.75, 3.05) is 0 Å². The third-order valence-corrected chi connectivity index (χ3v) is 3.20. The molecule has 0 aliphatic carbocycles. The van der Waals surface area contributed by atoms with Crippen molar-refractivity contribution in [3.8, 4) is 0 Å². The Labute approximate surface area is 108 Å². The van der Waals surface area contributed by atoms with Gasteiger partial charge in [0.2, 0.25) is 0 Å². The lowest BCUT2D eigenvalue weighted by Gasteiger charge is -2.03. The maximum atomic E-state index is 13.7. The van der Waals surface area contributed by atoms with E-state index in [9.17, 15) is 4.39 Å². The highest BCUT2D eigenvalue weighted by molar-refractivity contribution is 7.98. The molecule has 0 amide bonds. The number of nitrogens with one attached hydrogen (secondary N) is 1. The number of hydrogen-bond acceptors (Lipinski definition) is 4. The van der Waals surface area contributed by atoms with E-state index in [2.05, 4.69) is 4.98 Å². The summed E-state index contributed by atoms with van der Waals surface area (Å²) in [7, 11) is 0. The molecule has 94 valence electrons. The zero-order valence-electron chi connectivity index (χ0n) is 9.74. The minimum absolute atomic E-state index is 0.142. The van der Waals surface area contributed by atoms with Crippen molar-refractivity contribution in [1.29, 1.82) is 5.41 Å². The van der Waals surface area contributed by atoms with E-state index in [0.29, 0.717) is 22.1 Å². The topological polar surface area (TPSA) is 75.9 Å². The average Bonchev–Trinajstić information content (AvgIpc) is 2.73. The molecular formula is C12H12FN3OS. The quantitative estimate of drug-likeness (QED) is 0.506. The van der Waals surface area contributed by atoms with Gasteiger partial charge in [0.15, 0.2) is 0 Å². The second-order valence-electron chi connectivity index (χ2n) is 3.76. The van der Waals surface area contributed by atoms with E-state index in [4.69, 9.17) is 15.6 Å². The fourth-order valence-corrected chi connectivity index (χ4v) is 2.21. The van der Waals surface area contributed by atoms with Crippen molar-refractivity contribution < 1.29 is 8.81 Å². The number of benzene rings is 1. The second kappa shape index (κ2) is 5.22. The first-order valence-corrected chi connectivity index (χ1v) is 6.22. The van der Waals surface area contributed by atoms with Gasteiger partial charge in [0.25, 0.3) is 5.22 Å². The third-order valence-electron chi connectivity index (χ3n) is 2.31. The van der Waals surface area contributed by atoms with Crippen LogP contribution >= 0.6 is 11.8 Å². The van der Waals surface area contributed by atoms with Gasteiger partial charge in [-0.2, -0.15) is 0 Å². The van der Waals surface area contributed by atoms with Crippen molar-refractivity contribution in [2.45, 2.75) is 17.9 Å². The zero-order valence-corrected chi connectivity index (χ0v) is 10.6. The Bertz CT molecular complexity index is 582. The highest BCUT2D eigenvalue weighted by Crippen LogP contribution is 2.23. The predicted octanol–water partition coefficient (Wildman–Crippen LogP) is 2.70. The molecule has 1 aromatic carbocycles. The van der Waals surface area contributed by atoms with Gasteiger partial charge < -0.3 is 10.2 Å². The monoisotopic (exact) mass is 265 g/mol. The van der Waals surface area contributed by atoms with E-state index in [0.717, 1.165) is 5.69 Å². The highest BCUT2D eigenvalue weighted by atomic mass is 32.2. The molecule has 1 aromatic heterocycles. The lowest BCUT2D eigenvalue weighted by molar-refractivity contribution is 0.454. The average molecular weight is 265 g/mol. The second-order valence-corrected chi connectivity index (χ2v) is 4.69. The van der Waals surface area contributed by atoms with Crippen molar-refractivity contribution >= 4 is 17.6 Å². The molecule has 0 atom stereocenters. The molecular weight excluding hydrogens is 253 g/mol. The molecule has 0 bridgehead atoms. The summed E-state index contributed by atoms with van der Waals surface area (Å²) in [6.07, 6.45) is 1.55. The number of aryl methyl sites for hydroxylation is 1. The van der Waals surface area contributed by atoms with Crippen LogP contribution in [0.1, 0.15) is 16.8 Å². The zero-order chi connectivity index (χ0) is 13.1. The van der Waals surface area contributed by atoms with Crippen molar-refractivity contribution in [3.05, 3.63) is 47.1 Å². The summed E-state index contributed by atoms with van der Waals surface area (Å²) in [5.74, 6) is -0.0980. The maximum Gasteiger partial charge on any atom is 0.256 e. The minimum atomic E-state index is -0.376. The van der Waals surface area contributed by atoms with Crippen molar-refractivity contribution in [2.24, 2.45) is 5.73 Å². The Morgan fingerprint density at radius 3 is 2.89 bits per heavy atom. The van der Waals surface area contributed by atoms with Gasteiger partial charge in [-0.15, -0.1) is 0 Å². The summed E-state index contributed by atoms with van der Waals surface area (Å²) in [6.45, 7) is 1.83. The molecule has 0 radical (unpaired) electrons. The van der Waals surface area contributed by atoms with Crippen molar-refractivity contribution in [3.63, 3.8) is 0 Å². The van der Waals surface area contributed by atoms with Crippen LogP contribution in [-0.4, -0.2) is 10.8 Å². The van der Waals surface area contributed by atoms with E-state index in [1.165, 1.54) is 17.8 Å². The standard InChI is InChI=1S/C12H12FN3OS/c1-7-5-17-12(16-7)18-6-9-3-2-8(11(14)15)4-10(9)13/h2-5H,6H2,1H3,(H3,14,15). The third kappa shape index (κ3) is 2.89. The minimum Gasteiger partial charge on any atom is -0.440 e. The molecule has 0 saturated heterocycles. The molecule has 0 saturated carbocycles. The molecule has 0 spiro atoms. The summed E-state index contributed by atoms with van der Waals surface area (Å²) in [6, 6.07) is 4.51. The lowest BCUT2D eigenvalue weighted by Crippen LogP contribution is -2.11. The Kier molecular flexibility index (Phi) is 3.66. The number of nitrogen functional groups attached to an aromatic ring is 1. The normalized spacial score (nSPS) is 10.6. The van der Waals surface area contributed by atoms with Gasteiger partial charge in [-0.1, -0.05) is 23.9 Å². The summed E-state index contributed by atoms with van der Waals surface area (Å²) >= 11 is 1.32. The molecule has 0 fully saturated rings. The SMILES string of the molecule is Cc1coc(SCc2ccc(C(=N)N)cc2F)n1. The van der Waals surface area contributed by atoms with Crippen LogP contribution in [0.25, 0.3) is 0 Å². The fourth-order valence-electron chi connectivity index (χ4n) is 1.37. The molecule has 3 N–H and O–H groups in total. The van der Waals surface area contributed by atoms with E-state index in [1.807, 2.05) is 6.92 Å². The smallest absolute Gasteiger partial charge is 0.256 e. The number of aromatic nitrogens is 1. The molecule has 2 aromatic rings. The number of nitrogens with two attached hydrogens (primary N) is 1. The van der Waals surface area contributed by atoms with Gasteiger partial charge in [0.05, 0.1) is 5.69 Å². The van der Waals surface area contributed by atoms with E-state index in [1.54, 1.807) is 18.4 Å². The molecule has 2 rings (SSSR count). The van der Waals surface area contributed by atoms with Gasteiger partial charge in [0, 0.05) is 11.3 Å². The van der Waals surface area contributed by atoms with Crippen LogP contribution in [0.2, 0.25) is 0 Å². The van der Waals surface area contributed by atoms with Gasteiger partial charge in [0.1, 0.15) is 17.9 Å². The Morgan fingerprint density at radius 1 is 1.56 bits per heavy atom. The summed E-state index contributed by atoms with van der Waals surface area (Å²) in [5.41, 5.74) is 6.99. The highest BCUT2D eigenvalue weighted by Gasteiger charge is 2.08. The number of rotatable bonds is 4. The van der Waals surface area contributed by atoms with E-state index >= 15 is 0 Å². The molecule has 0 unspecified atom stereocenters. The number of hydrogen-bond donors (Lipinski definition) is 2. The first kappa shape index (κ1) is 12.6. The number of nitrogens with zero attached hydrogens (tertiary/aromatic N) is 1. The van der Waals surface area contributed by atoms with Gasteiger partial charge >= 0.3 is 0 Å². The van der Waals surface area contributed by atoms with Crippen LogP contribution in [0, 0.1) is 18.2 Å². The molecule has 4 nitrogen and oxygen atoms in total. The first-order chi connectivity index (χ1) is 8.56. The van der Waals surface area contributed by atoms with E-state index < -0.39 is 0 Å². The number of amidine groups is 1. The summed E-state index contributed by atoms with van der Waals surface area (Å²) in [5, 5.41) is 7.74. The molecule has 18 heavy (non-hydrogen) atoms. The van der Waals surface area contributed by atoms with Crippen LogP contribution in [0.5, 0.6) is 0 Å². The number of thioether (sulfide) groups is 1. The van der Waals surface area contributed by atoms with Crippen molar-refractivity contribution in [1.82, 2.24) is 4.98 Å². The molecule has 1 heterocycles. The van der Waals surface area contributed by atoms with Gasteiger partial charge in [-0.25, -0.2) is 9.37 Å². The number of oxazole rings is 1. The summed E-state index contributed by atoms with van der Waals surface area (Å²) < 4.78 is 18.9. The number of halogens is 1. The van der Waals surface area contributed by atoms with Crippen LogP contribution < -0.4 is 5.73 Å². The van der Waals surface area contributed by atoms with Crippen LogP contribution in [0.4, 0.5) is 4.39 Å². The fraction of sp³-hybridized carbons (Fsp3) is 0.167. The molecule has 6 heteroatoms. The summed E-state index contributed by atoms with van der Waals surface area (Å²) in [4.78, 5) is 4.12. The lowest BCUT2D eigenvalue weighted by atomic mass is 10.1. The maximum absolute atomic E-state index is 13.7. The molecule has 0 aliphatic rings. The Balaban J connectivity index is 2.08. The molecule has 0 aliphatic heterocycles. The Morgan fingerprint density at radius 2 is 2.33 bits per heavy atom. The predicted molar refractivity (Wildman–Crippen MR) is 68.2 cm³/mol. The van der Waals surface area contributed by atoms with Crippen LogP contribution in [0.3, 0.4) is 0 Å². The first-order valence-electron chi connectivity index (χ1n) is 5.24. The van der Waals surface area contributed by atoms with E-state index in [-0.39, 0.29) is 11.7 Å². The Hall–Kier alpha value is -1.82. The van der Waals surface area contributed by atoms with Crippen LogP contribution in [0.15, 0.2) is 34.1 Å². The van der Waals surface area contributed by atoms with Gasteiger partial charge in [-0.3, -0.25) is 5.41 Å².